The van der Waals surface area contributed by atoms with E-state index in [0.717, 1.165) is 32.0 Å². The van der Waals surface area contributed by atoms with Gasteiger partial charge in [-0.15, -0.1) is 0 Å². The highest BCUT2D eigenvalue weighted by Crippen LogP contribution is 2.75. The second-order valence-corrected chi connectivity index (χ2v) is 14.0. The van der Waals surface area contributed by atoms with E-state index in [9.17, 15) is 19.8 Å². The molecule has 10 atom stereocenters. The smallest absolute Gasteiger partial charge is 0.145 e. The van der Waals surface area contributed by atoms with Crippen molar-refractivity contribution < 1.29 is 24.5 Å². The Bertz CT molecular complexity index is 1010. The molecular formula is C30H44O5. The summed E-state index contributed by atoms with van der Waals surface area (Å²) in [5.41, 5.74) is -0.425. The maximum Gasteiger partial charge on any atom is 0.145 e. The van der Waals surface area contributed by atoms with Gasteiger partial charge in [-0.05, 0) is 73.8 Å². The lowest BCUT2D eigenvalue weighted by atomic mass is 9.38. The minimum atomic E-state index is -0.986. The summed E-state index contributed by atoms with van der Waals surface area (Å²) in [5.74, 6) is 0.505. The van der Waals surface area contributed by atoms with Gasteiger partial charge < -0.3 is 14.9 Å². The first-order valence-electron chi connectivity index (χ1n) is 13.6. The van der Waals surface area contributed by atoms with Crippen LogP contribution in [0.3, 0.4) is 0 Å². The summed E-state index contributed by atoms with van der Waals surface area (Å²) in [5, 5.41) is 22.6. The molecule has 35 heavy (non-hydrogen) atoms. The van der Waals surface area contributed by atoms with Crippen molar-refractivity contribution in [3.05, 3.63) is 23.3 Å². The van der Waals surface area contributed by atoms with Crippen LogP contribution in [0.1, 0.15) is 87.0 Å². The molecule has 1 saturated heterocycles. The van der Waals surface area contributed by atoms with Gasteiger partial charge in [-0.25, -0.2) is 0 Å². The number of carbonyl (C=O) groups is 2. The Hall–Kier alpha value is -1.30. The van der Waals surface area contributed by atoms with Gasteiger partial charge in [0.2, 0.25) is 0 Å². The maximum atomic E-state index is 14.3. The van der Waals surface area contributed by atoms with E-state index >= 15 is 0 Å². The largest absolute Gasteiger partial charge is 0.392 e. The van der Waals surface area contributed by atoms with E-state index in [2.05, 4.69) is 40.7 Å². The lowest BCUT2D eigenvalue weighted by molar-refractivity contribution is -0.200. The van der Waals surface area contributed by atoms with Crippen molar-refractivity contribution in [3.8, 4) is 0 Å². The van der Waals surface area contributed by atoms with Crippen LogP contribution in [0.2, 0.25) is 0 Å². The van der Waals surface area contributed by atoms with Crippen molar-refractivity contribution in [1.82, 2.24) is 0 Å². The fraction of sp³-hybridized carbons (Fsp3) is 0.800. The average Bonchev–Trinajstić information content (AvgIpc) is 2.97. The molecule has 194 valence electrons. The summed E-state index contributed by atoms with van der Waals surface area (Å²) in [6.45, 7) is 14.7. The van der Waals surface area contributed by atoms with E-state index in [1.165, 1.54) is 5.57 Å². The predicted molar refractivity (Wildman–Crippen MR) is 134 cm³/mol. The van der Waals surface area contributed by atoms with Crippen LogP contribution in [0.15, 0.2) is 23.3 Å². The number of aliphatic hydroxyl groups is 2. The third-order valence-electron chi connectivity index (χ3n) is 11.9. The number of hydrogen-bond acceptors (Lipinski definition) is 5. The summed E-state index contributed by atoms with van der Waals surface area (Å²) in [7, 11) is 0. The molecule has 0 spiro atoms. The van der Waals surface area contributed by atoms with Crippen LogP contribution < -0.4 is 0 Å². The molecule has 0 amide bonds. The summed E-state index contributed by atoms with van der Waals surface area (Å²) in [6, 6.07) is 0. The van der Waals surface area contributed by atoms with E-state index in [1.807, 2.05) is 13.0 Å². The zero-order valence-corrected chi connectivity index (χ0v) is 22.6. The van der Waals surface area contributed by atoms with Crippen molar-refractivity contribution in [2.75, 3.05) is 0 Å². The Morgan fingerprint density at radius 3 is 2.43 bits per heavy atom. The quantitative estimate of drug-likeness (QED) is 0.334. The SMILES string of the molecule is C/C(C=O)=C\[C@H]1C[C@](C)(O)[C@H]2C(C[C@@]3(C)[C@@H]4CC=C5[C@@H](CC[C@H](O)C5(C)C)[C@]4(C)C(=O)C[C@]23C)O1. The Morgan fingerprint density at radius 2 is 1.77 bits per heavy atom. The average molecular weight is 485 g/mol. The van der Waals surface area contributed by atoms with Crippen LogP contribution in [0.4, 0.5) is 0 Å². The summed E-state index contributed by atoms with van der Waals surface area (Å²) < 4.78 is 6.59. The molecule has 4 fully saturated rings. The van der Waals surface area contributed by atoms with Crippen LogP contribution in [0.25, 0.3) is 0 Å². The normalized spacial score (nSPS) is 53.1. The molecular weight excluding hydrogens is 440 g/mol. The van der Waals surface area contributed by atoms with Crippen LogP contribution in [0, 0.1) is 39.4 Å². The van der Waals surface area contributed by atoms with Gasteiger partial charge in [-0.3, -0.25) is 9.59 Å². The molecule has 0 aromatic carbocycles. The van der Waals surface area contributed by atoms with Gasteiger partial charge in [0.05, 0.1) is 23.9 Å². The molecule has 1 unspecified atom stereocenters. The minimum absolute atomic E-state index is 0.135. The van der Waals surface area contributed by atoms with Crippen molar-refractivity contribution >= 4 is 12.1 Å². The molecule has 5 rings (SSSR count). The third kappa shape index (κ3) is 3.16. The Labute approximate surface area is 210 Å². The summed E-state index contributed by atoms with van der Waals surface area (Å²) in [6.07, 6.45) is 8.29. The zero-order chi connectivity index (χ0) is 25.8. The molecule has 0 radical (unpaired) electrons. The molecule has 0 aromatic heterocycles. The first-order valence-corrected chi connectivity index (χ1v) is 13.6. The first-order chi connectivity index (χ1) is 16.1. The highest BCUT2D eigenvalue weighted by Gasteiger charge is 2.74. The Kier molecular flexibility index (Phi) is 5.51. The van der Waals surface area contributed by atoms with E-state index in [1.54, 1.807) is 6.92 Å². The number of carbonyl (C=O) groups excluding carboxylic acids is 2. The molecule has 1 aliphatic heterocycles. The molecule has 1 heterocycles. The fourth-order valence-corrected chi connectivity index (χ4v) is 9.92. The van der Waals surface area contributed by atoms with Crippen LogP contribution in [-0.4, -0.2) is 46.2 Å². The highest BCUT2D eigenvalue weighted by atomic mass is 16.5. The number of rotatable bonds is 2. The molecule has 4 aliphatic carbocycles. The second kappa shape index (κ2) is 7.61. The molecule has 5 aliphatic rings. The Morgan fingerprint density at radius 1 is 1.09 bits per heavy atom. The van der Waals surface area contributed by atoms with Gasteiger partial charge in [-0.2, -0.15) is 0 Å². The predicted octanol–water partition coefficient (Wildman–Crippen LogP) is 4.80. The number of Topliss-reactive ketones (excluding diaryl/α,β-unsaturated/α-hetero) is 1. The zero-order valence-electron chi connectivity index (χ0n) is 22.6. The van der Waals surface area contributed by atoms with Gasteiger partial charge in [0.15, 0.2) is 0 Å². The monoisotopic (exact) mass is 484 g/mol. The van der Waals surface area contributed by atoms with Crippen molar-refractivity contribution in [3.63, 3.8) is 0 Å². The molecule has 5 nitrogen and oxygen atoms in total. The fourth-order valence-electron chi connectivity index (χ4n) is 9.92. The number of fused-ring (bicyclic) bond motifs is 7. The minimum Gasteiger partial charge on any atom is -0.392 e. The molecule has 5 heteroatoms. The van der Waals surface area contributed by atoms with Gasteiger partial charge in [0, 0.05) is 29.6 Å². The van der Waals surface area contributed by atoms with E-state index in [4.69, 9.17) is 4.74 Å². The van der Waals surface area contributed by atoms with Crippen molar-refractivity contribution in [2.45, 2.75) is 111 Å². The number of aldehydes is 1. The van der Waals surface area contributed by atoms with Crippen molar-refractivity contribution in [1.29, 1.82) is 0 Å². The van der Waals surface area contributed by atoms with Gasteiger partial charge >= 0.3 is 0 Å². The van der Waals surface area contributed by atoms with E-state index in [-0.39, 0.29) is 52.3 Å². The lowest BCUT2D eigenvalue weighted by Gasteiger charge is -2.65. The lowest BCUT2D eigenvalue weighted by Crippen LogP contribution is -2.64. The molecule has 2 N–H and O–H groups in total. The summed E-state index contributed by atoms with van der Waals surface area (Å²) in [4.78, 5) is 25.5. The highest BCUT2D eigenvalue weighted by molar-refractivity contribution is 5.88. The van der Waals surface area contributed by atoms with Crippen LogP contribution in [0.5, 0.6) is 0 Å². The number of ether oxygens (including phenoxy) is 1. The van der Waals surface area contributed by atoms with Gasteiger partial charge in [0.1, 0.15) is 12.1 Å². The number of allylic oxidation sites excluding steroid dienone is 2. The number of hydrogen-bond donors (Lipinski definition) is 2. The molecule has 0 aromatic rings. The van der Waals surface area contributed by atoms with Crippen molar-refractivity contribution in [2.24, 2.45) is 39.4 Å². The first kappa shape index (κ1) is 25.4. The summed E-state index contributed by atoms with van der Waals surface area (Å²) >= 11 is 0. The Balaban J connectivity index is 1.58. The van der Waals surface area contributed by atoms with Gasteiger partial charge in [-0.1, -0.05) is 46.3 Å². The molecule has 3 saturated carbocycles. The number of ketones is 1. The van der Waals surface area contributed by atoms with Gasteiger partial charge in [0.25, 0.3) is 0 Å². The van der Waals surface area contributed by atoms with E-state index < -0.39 is 11.0 Å². The third-order valence-corrected chi connectivity index (χ3v) is 11.9. The standard InChI is InChI=1S/C30H44O5/c1-17(16-31)12-18-13-29(6,34)25-21(35-18)14-27(4)22-10-8-19-20(9-11-23(32)26(19,2)3)30(22,7)24(33)15-28(25,27)5/h8,12,16,18,20-23,25,32,34H,9-11,13-15H2,1-7H3/b17-12+/t18-,20+,21?,22-,23-,25-,27-,28+,29-,30-/m0/s1. The second-order valence-electron chi connectivity index (χ2n) is 14.0. The number of aliphatic hydroxyl groups excluding tert-OH is 1. The van der Waals surface area contributed by atoms with Crippen LogP contribution >= 0.6 is 0 Å². The topological polar surface area (TPSA) is 83.8 Å². The van der Waals surface area contributed by atoms with Crippen LogP contribution in [-0.2, 0) is 14.3 Å². The van der Waals surface area contributed by atoms with E-state index in [0.29, 0.717) is 24.2 Å². The maximum absolute atomic E-state index is 14.3. The molecule has 0 bridgehead atoms.